The van der Waals surface area contributed by atoms with E-state index < -0.39 is 0 Å². The molecule has 4 nitrogen and oxygen atoms in total. The minimum absolute atomic E-state index is 0.629. The molecule has 4 heteroatoms. The molecule has 2 N–H and O–H groups in total. The van der Waals surface area contributed by atoms with E-state index >= 15 is 0 Å². The summed E-state index contributed by atoms with van der Waals surface area (Å²) in [4.78, 5) is 4.60. The van der Waals surface area contributed by atoms with E-state index in [0.29, 0.717) is 12.4 Å². The number of hydrogen-bond acceptors (Lipinski definition) is 3. The maximum atomic E-state index is 6.12. The minimum atomic E-state index is 0.629. The van der Waals surface area contributed by atoms with Crippen LogP contribution in [0.3, 0.4) is 0 Å². The summed E-state index contributed by atoms with van der Waals surface area (Å²) in [7, 11) is 1.94. The van der Waals surface area contributed by atoms with E-state index in [9.17, 15) is 0 Å². The molecule has 0 aliphatic heterocycles. The van der Waals surface area contributed by atoms with Crippen LogP contribution in [-0.2, 0) is 13.5 Å². The Balaban J connectivity index is 2.55. The van der Waals surface area contributed by atoms with Crippen LogP contribution < -0.4 is 10.5 Å². The highest BCUT2D eigenvalue weighted by Gasteiger charge is 2.15. The second-order valence-corrected chi connectivity index (χ2v) is 4.10. The van der Waals surface area contributed by atoms with Crippen molar-refractivity contribution in [1.29, 1.82) is 0 Å². The molecule has 1 heterocycles. The third-order valence-electron chi connectivity index (χ3n) is 2.99. The maximum absolute atomic E-state index is 6.12. The quantitative estimate of drug-likeness (QED) is 0.900. The molecule has 0 amide bonds. The number of aromatic nitrogens is 2. The highest BCUT2D eigenvalue weighted by atomic mass is 16.5. The minimum Gasteiger partial charge on any atom is -0.493 e. The lowest BCUT2D eigenvalue weighted by atomic mass is 10.1. The Morgan fingerprint density at radius 1 is 1.28 bits per heavy atom. The monoisotopic (exact) mass is 245 g/mol. The Hall–Kier alpha value is -1.97. The normalized spacial score (nSPS) is 10.6. The first-order valence-electron chi connectivity index (χ1n) is 6.22. The molecule has 0 atom stereocenters. The van der Waals surface area contributed by atoms with Gasteiger partial charge in [0.1, 0.15) is 23.1 Å². The smallest absolute Gasteiger partial charge is 0.131 e. The summed E-state index contributed by atoms with van der Waals surface area (Å²) in [6, 6.07) is 7.85. The summed E-state index contributed by atoms with van der Waals surface area (Å²) in [5, 5.41) is 0. The van der Waals surface area contributed by atoms with Crippen molar-refractivity contribution in [2.24, 2.45) is 7.05 Å². The highest BCUT2D eigenvalue weighted by Crippen LogP contribution is 2.33. The van der Waals surface area contributed by atoms with Gasteiger partial charge in [0.15, 0.2) is 0 Å². The number of para-hydroxylation sites is 1. The number of aryl methyl sites for hydroxylation is 1. The van der Waals surface area contributed by atoms with Gasteiger partial charge in [0.2, 0.25) is 0 Å². The number of imidazole rings is 1. The number of hydrogen-bond donors (Lipinski definition) is 1. The molecular weight excluding hydrogens is 226 g/mol. The first-order valence-corrected chi connectivity index (χ1v) is 6.22. The number of benzene rings is 1. The van der Waals surface area contributed by atoms with Crippen LogP contribution in [0.25, 0.3) is 11.3 Å². The Morgan fingerprint density at radius 2 is 2.00 bits per heavy atom. The lowest BCUT2D eigenvalue weighted by molar-refractivity contribution is 0.341. The molecule has 0 saturated heterocycles. The van der Waals surface area contributed by atoms with Gasteiger partial charge in [-0.05, 0) is 19.1 Å². The maximum Gasteiger partial charge on any atom is 0.131 e. The van der Waals surface area contributed by atoms with Crippen LogP contribution in [-0.4, -0.2) is 16.2 Å². The number of nitrogens with zero attached hydrogens (tertiary/aromatic N) is 2. The predicted molar refractivity (Wildman–Crippen MR) is 73.6 cm³/mol. The van der Waals surface area contributed by atoms with Crippen LogP contribution in [0.5, 0.6) is 5.75 Å². The summed E-state index contributed by atoms with van der Waals surface area (Å²) < 4.78 is 7.55. The summed E-state index contributed by atoms with van der Waals surface area (Å²) in [5.74, 6) is 2.49. The van der Waals surface area contributed by atoms with Gasteiger partial charge in [0.25, 0.3) is 0 Å². The number of nitrogens with two attached hydrogens (primary N) is 1. The van der Waals surface area contributed by atoms with Crippen molar-refractivity contribution in [2.75, 3.05) is 12.3 Å². The van der Waals surface area contributed by atoms with Gasteiger partial charge < -0.3 is 15.0 Å². The summed E-state index contributed by atoms with van der Waals surface area (Å²) in [5.41, 5.74) is 7.88. The fraction of sp³-hybridized carbons (Fsp3) is 0.357. The molecule has 0 radical (unpaired) electrons. The van der Waals surface area contributed by atoms with E-state index in [4.69, 9.17) is 10.5 Å². The van der Waals surface area contributed by atoms with Crippen LogP contribution in [0.2, 0.25) is 0 Å². The van der Waals surface area contributed by atoms with E-state index in [-0.39, 0.29) is 0 Å². The van der Waals surface area contributed by atoms with Crippen LogP contribution in [0.15, 0.2) is 24.3 Å². The van der Waals surface area contributed by atoms with Gasteiger partial charge in [-0.15, -0.1) is 0 Å². The largest absolute Gasteiger partial charge is 0.493 e. The molecule has 18 heavy (non-hydrogen) atoms. The second-order valence-electron chi connectivity index (χ2n) is 4.10. The van der Waals surface area contributed by atoms with E-state index in [1.807, 2.05) is 42.8 Å². The van der Waals surface area contributed by atoms with Gasteiger partial charge in [-0.25, -0.2) is 4.98 Å². The Morgan fingerprint density at radius 3 is 2.61 bits per heavy atom. The van der Waals surface area contributed by atoms with Crippen LogP contribution in [0, 0.1) is 0 Å². The number of rotatable bonds is 4. The third kappa shape index (κ3) is 2.06. The van der Waals surface area contributed by atoms with Gasteiger partial charge in [0, 0.05) is 19.0 Å². The molecule has 0 fully saturated rings. The Kier molecular flexibility index (Phi) is 3.55. The molecule has 96 valence electrons. The zero-order valence-electron chi connectivity index (χ0n) is 11.1. The number of ether oxygens (including phenoxy) is 1. The number of anilines is 1. The first-order chi connectivity index (χ1) is 8.69. The molecule has 1 aromatic heterocycles. The average molecular weight is 245 g/mol. The van der Waals surface area contributed by atoms with Gasteiger partial charge in [-0.1, -0.05) is 19.1 Å². The van der Waals surface area contributed by atoms with Gasteiger partial charge in [-0.2, -0.15) is 0 Å². The van der Waals surface area contributed by atoms with Crippen LogP contribution in [0.1, 0.15) is 19.7 Å². The fourth-order valence-electron chi connectivity index (χ4n) is 2.02. The summed E-state index contributed by atoms with van der Waals surface area (Å²) in [6.45, 7) is 4.67. The van der Waals surface area contributed by atoms with Crippen molar-refractivity contribution in [3.8, 4) is 17.0 Å². The molecule has 2 aromatic rings. The van der Waals surface area contributed by atoms with Crippen molar-refractivity contribution < 1.29 is 4.74 Å². The van der Waals surface area contributed by atoms with Crippen LogP contribution in [0.4, 0.5) is 5.82 Å². The molecule has 0 aliphatic carbocycles. The molecule has 0 unspecified atom stereocenters. The molecule has 0 bridgehead atoms. The standard InChI is InChI=1S/C14H19N3O/c1-4-12-16-13(14(15)17(12)3)10-8-6-7-9-11(10)18-5-2/h6-9H,4-5,15H2,1-3H3. The van der Waals surface area contributed by atoms with Crippen molar-refractivity contribution >= 4 is 5.82 Å². The SMILES string of the molecule is CCOc1ccccc1-c1nc(CC)n(C)c1N. The molecule has 2 rings (SSSR count). The molecular formula is C14H19N3O. The lowest BCUT2D eigenvalue weighted by Crippen LogP contribution is -2.00. The third-order valence-corrected chi connectivity index (χ3v) is 2.99. The van der Waals surface area contributed by atoms with Gasteiger partial charge in [0.05, 0.1) is 6.61 Å². The fourth-order valence-corrected chi connectivity index (χ4v) is 2.02. The van der Waals surface area contributed by atoms with Crippen molar-refractivity contribution in [1.82, 2.24) is 9.55 Å². The summed E-state index contributed by atoms with van der Waals surface area (Å²) in [6.07, 6.45) is 0.859. The lowest BCUT2D eigenvalue weighted by Gasteiger charge is -2.08. The van der Waals surface area contributed by atoms with Gasteiger partial charge >= 0.3 is 0 Å². The Bertz CT molecular complexity index is 546. The molecule has 1 aromatic carbocycles. The first kappa shape index (κ1) is 12.5. The van der Waals surface area contributed by atoms with E-state index in [0.717, 1.165) is 29.3 Å². The van der Waals surface area contributed by atoms with E-state index in [1.54, 1.807) is 0 Å². The Labute approximate surface area is 107 Å². The molecule has 0 aliphatic rings. The summed E-state index contributed by atoms with van der Waals surface area (Å²) >= 11 is 0. The molecule has 0 saturated carbocycles. The van der Waals surface area contributed by atoms with Crippen molar-refractivity contribution in [3.63, 3.8) is 0 Å². The zero-order chi connectivity index (χ0) is 13.1. The second kappa shape index (κ2) is 5.12. The van der Waals surface area contributed by atoms with Crippen LogP contribution >= 0.6 is 0 Å². The van der Waals surface area contributed by atoms with E-state index in [1.165, 1.54) is 0 Å². The molecule has 0 spiro atoms. The zero-order valence-corrected chi connectivity index (χ0v) is 11.1. The average Bonchev–Trinajstić information content (AvgIpc) is 2.67. The van der Waals surface area contributed by atoms with Crippen molar-refractivity contribution in [3.05, 3.63) is 30.1 Å². The topological polar surface area (TPSA) is 53.1 Å². The van der Waals surface area contributed by atoms with Gasteiger partial charge in [-0.3, -0.25) is 0 Å². The number of nitrogen functional groups attached to an aromatic ring is 1. The van der Waals surface area contributed by atoms with Crippen molar-refractivity contribution in [2.45, 2.75) is 20.3 Å². The highest BCUT2D eigenvalue weighted by molar-refractivity contribution is 5.76. The predicted octanol–water partition coefficient (Wildman–Crippen LogP) is 2.63. The van der Waals surface area contributed by atoms with E-state index in [2.05, 4.69) is 11.9 Å².